The van der Waals surface area contributed by atoms with E-state index in [4.69, 9.17) is 0 Å². The first-order valence-corrected chi connectivity index (χ1v) is 8.51. The van der Waals surface area contributed by atoms with Crippen molar-refractivity contribution in [3.05, 3.63) is 82.7 Å². The van der Waals surface area contributed by atoms with Crippen molar-refractivity contribution in [1.29, 1.82) is 0 Å². The van der Waals surface area contributed by atoms with Crippen molar-refractivity contribution < 1.29 is 4.79 Å². The molecule has 0 aliphatic carbocycles. The van der Waals surface area contributed by atoms with Gasteiger partial charge in [-0.15, -0.1) is 0 Å². The summed E-state index contributed by atoms with van der Waals surface area (Å²) in [6.07, 6.45) is 3.06. The third-order valence-electron chi connectivity index (χ3n) is 4.21. The Morgan fingerprint density at radius 2 is 1.73 bits per heavy atom. The Balaban J connectivity index is 1.61. The van der Waals surface area contributed by atoms with Gasteiger partial charge in [-0.25, -0.2) is 9.97 Å². The molecule has 0 radical (unpaired) electrons. The van der Waals surface area contributed by atoms with Crippen LogP contribution in [0.5, 0.6) is 0 Å². The zero-order valence-corrected chi connectivity index (χ0v) is 15.2. The van der Waals surface area contributed by atoms with Gasteiger partial charge >= 0.3 is 0 Å². The lowest BCUT2D eigenvalue weighted by atomic mass is 10.1. The molecule has 0 atom stereocenters. The summed E-state index contributed by atoms with van der Waals surface area (Å²) in [6, 6.07) is 14.1. The van der Waals surface area contributed by atoms with Crippen LogP contribution in [-0.4, -0.2) is 15.9 Å². The number of hydrogen-bond donors (Lipinski definition) is 2. The number of rotatable bonds is 5. The molecule has 2 aromatic carbocycles. The van der Waals surface area contributed by atoms with E-state index in [0.717, 1.165) is 11.3 Å². The number of benzene rings is 2. The van der Waals surface area contributed by atoms with Gasteiger partial charge in [-0.2, -0.15) is 0 Å². The number of nitrogens with one attached hydrogen (secondary N) is 2. The van der Waals surface area contributed by atoms with Crippen LogP contribution in [-0.2, 0) is 6.54 Å². The molecular weight excluding hydrogens is 324 g/mol. The summed E-state index contributed by atoms with van der Waals surface area (Å²) >= 11 is 0. The van der Waals surface area contributed by atoms with Crippen LogP contribution in [0.25, 0.3) is 0 Å². The van der Waals surface area contributed by atoms with Crippen LogP contribution in [0.1, 0.15) is 32.6 Å². The van der Waals surface area contributed by atoms with E-state index in [1.54, 1.807) is 0 Å². The van der Waals surface area contributed by atoms with Crippen LogP contribution < -0.4 is 10.6 Å². The molecule has 0 aliphatic rings. The molecule has 1 heterocycles. The second-order valence-corrected chi connectivity index (χ2v) is 6.39. The topological polar surface area (TPSA) is 66.9 Å². The largest absolute Gasteiger partial charge is 0.348 e. The first kappa shape index (κ1) is 17.6. The lowest BCUT2D eigenvalue weighted by molar-refractivity contribution is 0.0950. The molecule has 132 valence electrons. The molecule has 2 N–H and O–H groups in total. The molecule has 0 unspecified atom stereocenters. The SMILES string of the molecule is Cc1cccc(CNC(=O)c2cnc(Nc3ccc(C)c(C)c3)nc2)c1. The van der Waals surface area contributed by atoms with Gasteiger partial charge in [0.1, 0.15) is 0 Å². The number of hydrogen-bond acceptors (Lipinski definition) is 4. The van der Waals surface area contributed by atoms with E-state index in [1.807, 2.05) is 49.4 Å². The Hall–Kier alpha value is -3.21. The molecule has 5 nitrogen and oxygen atoms in total. The number of carbonyl (C=O) groups is 1. The Morgan fingerprint density at radius 3 is 2.42 bits per heavy atom. The normalized spacial score (nSPS) is 10.4. The molecule has 1 aromatic heterocycles. The zero-order chi connectivity index (χ0) is 18.5. The van der Waals surface area contributed by atoms with Gasteiger partial charge in [-0.1, -0.05) is 35.9 Å². The lowest BCUT2D eigenvalue weighted by Crippen LogP contribution is -2.23. The van der Waals surface area contributed by atoms with Crippen molar-refractivity contribution >= 4 is 17.5 Å². The Labute approximate surface area is 153 Å². The molecule has 26 heavy (non-hydrogen) atoms. The standard InChI is InChI=1S/C21H22N4O/c1-14-5-4-6-17(9-14)11-22-20(26)18-12-23-21(24-13-18)25-19-8-7-15(2)16(3)10-19/h4-10,12-13H,11H2,1-3H3,(H,22,26)(H,23,24,25). The van der Waals surface area contributed by atoms with E-state index < -0.39 is 0 Å². The molecule has 3 rings (SSSR count). The van der Waals surface area contributed by atoms with Gasteiger partial charge in [-0.05, 0) is 49.6 Å². The molecule has 0 fully saturated rings. The fraction of sp³-hybridized carbons (Fsp3) is 0.190. The number of anilines is 2. The maximum absolute atomic E-state index is 12.2. The molecule has 0 saturated carbocycles. The van der Waals surface area contributed by atoms with Gasteiger partial charge in [0.05, 0.1) is 5.56 Å². The Morgan fingerprint density at radius 1 is 0.962 bits per heavy atom. The maximum atomic E-state index is 12.2. The molecule has 0 aliphatic heterocycles. The van der Waals surface area contributed by atoms with E-state index in [0.29, 0.717) is 18.1 Å². The Kier molecular flexibility index (Phi) is 5.27. The smallest absolute Gasteiger partial charge is 0.254 e. The van der Waals surface area contributed by atoms with Gasteiger partial charge in [0.15, 0.2) is 0 Å². The summed E-state index contributed by atoms with van der Waals surface area (Å²) in [5, 5.41) is 6.03. The second kappa shape index (κ2) is 7.78. The third kappa shape index (κ3) is 4.45. The van der Waals surface area contributed by atoms with Crippen molar-refractivity contribution in [2.24, 2.45) is 0 Å². The minimum Gasteiger partial charge on any atom is -0.348 e. The summed E-state index contributed by atoms with van der Waals surface area (Å²) in [6.45, 7) is 6.63. The van der Waals surface area contributed by atoms with Crippen molar-refractivity contribution in [2.75, 3.05) is 5.32 Å². The number of aromatic nitrogens is 2. The van der Waals surface area contributed by atoms with E-state index in [1.165, 1.54) is 29.1 Å². The van der Waals surface area contributed by atoms with Crippen molar-refractivity contribution in [3.8, 4) is 0 Å². The second-order valence-electron chi connectivity index (χ2n) is 6.39. The fourth-order valence-electron chi connectivity index (χ4n) is 2.56. The average molecular weight is 346 g/mol. The fourth-order valence-corrected chi connectivity index (χ4v) is 2.56. The zero-order valence-electron chi connectivity index (χ0n) is 15.2. The number of aryl methyl sites for hydroxylation is 3. The summed E-state index contributed by atoms with van der Waals surface area (Å²) in [5.74, 6) is 0.271. The van der Waals surface area contributed by atoms with E-state index in [-0.39, 0.29) is 5.91 Å². The van der Waals surface area contributed by atoms with Gasteiger partial charge in [0.2, 0.25) is 5.95 Å². The average Bonchev–Trinajstić information content (AvgIpc) is 2.63. The highest BCUT2D eigenvalue weighted by atomic mass is 16.1. The predicted molar refractivity (Wildman–Crippen MR) is 104 cm³/mol. The van der Waals surface area contributed by atoms with Crippen LogP contribution in [0.2, 0.25) is 0 Å². The monoisotopic (exact) mass is 346 g/mol. The van der Waals surface area contributed by atoms with E-state index in [2.05, 4.69) is 34.4 Å². The predicted octanol–water partition coefficient (Wildman–Crippen LogP) is 4.08. The van der Waals surface area contributed by atoms with Gasteiger partial charge in [-0.3, -0.25) is 4.79 Å². The quantitative estimate of drug-likeness (QED) is 0.731. The van der Waals surface area contributed by atoms with Gasteiger partial charge in [0.25, 0.3) is 5.91 Å². The van der Waals surface area contributed by atoms with Gasteiger partial charge < -0.3 is 10.6 Å². The van der Waals surface area contributed by atoms with Crippen molar-refractivity contribution in [2.45, 2.75) is 27.3 Å². The van der Waals surface area contributed by atoms with Crippen LogP contribution >= 0.6 is 0 Å². The lowest BCUT2D eigenvalue weighted by Gasteiger charge is -2.08. The van der Waals surface area contributed by atoms with Crippen LogP contribution in [0.15, 0.2) is 54.9 Å². The highest BCUT2D eigenvalue weighted by molar-refractivity contribution is 5.93. The summed E-state index contributed by atoms with van der Waals surface area (Å²) in [5.41, 5.74) is 6.02. The molecule has 0 saturated heterocycles. The van der Waals surface area contributed by atoms with Gasteiger partial charge in [0, 0.05) is 24.6 Å². The van der Waals surface area contributed by atoms with Crippen LogP contribution in [0.4, 0.5) is 11.6 Å². The molecule has 1 amide bonds. The first-order valence-electron chi connectivity index (χ1n) is 8.51. The number of carbonyl (C=O) groups excluding carboxylic acids is 1. The van der Waals surface area contributed by atoms with Crippen LogP contribution in [0, 0.1) is 20.8 Å². The molecule has 3 aromatic rings. The summed E-state index contributed by atoms with van der Waals surface area (Å²) < 4.78 is 0. The highest BCUT2D eigenvalue weighted by Gasteiger charge is 2.07. The van der Waals surface area contributed by atoms with E-state index in [9.17, 15) is 4.79 Å². The summed E-state index contributed by atoms with van der Waals surface area (Å²) in [7, 11) is 0. The van der Waals surface area contributed by atoms with E-state index >= 15 is 0 Å². The molecule has 0 bridgehead atoms. The molecular formula is C21H22N4O. The maximum Gasteiger partial charge on any atom is 0.254 e. The number of nitrogens with zero attached hydrogens (tertiary/aromatic N) is 2. The van der Waals surface area contributed by atoms with Crippen LogP contribution in [0.3, 0.4) is 0 Å². The number of amides is 1. The third-order valence-corrected chi connectivity index (χ3v) is 4.21. The summed E-state index contributed by atoms with van der Waals surface area (Å²) in [4.78, 5) is 20.7. The van der Waals surface area contributed by atoms with Crippen molar-refractivity contribution in [1.82, 2.24) is 15.3 Å². The van der Waals surface area contributed by atoms with Crippen molar-refractivity contribution in [3.63, 3.8) is 0 Å². The Bertz CT molecular complexity index is 920. The highest BCUT2D eigenvalue weighted by Crippen LogP contribution is 2.17. The molecule has 0 spiro atoms. The minimum atomic E-state index is -0.191. The minimum absolute atomic E-state index is 0.191. The molecule has 5 heteroatoms. The first-order chi connectivity index (χ1) is 12.5.